The Bertz CT molecular complexity index is 1020. The summed E-state index contributed by atoms with van der Waals surface area (Å²) in [6, 6.07) is 8.17. The molecule has 5 nitrogen and oxygen atoms in total. The van der Waals surface area contributed by atoms with Gasteiger partial charge in [0, 0.05) is 47.5 Å². The number of anilines is 1. The fraction of sp³-hybridized carbons (Fsp3) is 0.621. The first-order chi connectivity index (χ1) is 17.5. The fourth-order valence-electron chi connectivity index (χ4n) is 5.44. The van der Waals surface area contributed by atoms with Gasteiger partial charge in [0.25, 0.3) is 0 Å². The first-order valence-electron chi connectivity index (χ1n) is 13.7. The van der Waals surface area contributed by atoms with Gasteiger partial charge in [-0.05, 0) is 81.6 Å². The van der Waals surface area contributed by atoms with Gasteiger partial charge in [-0.2, -0.15) is 0 Å². The van der Waals surface area contributed by atoms with Gasteiger partial charge in [-0.25, -0.2) is 0 Å². The fourth-order valence-corrected chi connectivity index (χ4v) is 6.93. The highest BCUT2D eigenvalue weighted by atomic mass is 35.5. The summed E-state index contributed by atoms with van der Waals surface area (Å²) in [5.41, 5.74) is 3.43. The van der Waals surface area contributed by atoms with Crippen LogP contribution in [0.4, 0.5) is 5.69 Å². The number of halogens is 1. The van der Waals surface area contributed by atoms with E-state index >= 15 is 0 Å². The summed E-state index contributed by atoms with van der Waals surface area (Å²) in [7, 11) is 0. The molecule has 1 aromatic carbocycles. The smallest absolute Gasteiger partial charge is 0.169 e. The summed E-state index contributed by atoms with van der Waals surface area (Å²) >= 11 is 5.40. The van der Waals surface area contributed by atoms with Gasteiger partial charge in [0.05, 0.1) is 12.1 Å². The second-order valence-corrected chi connectivity index (χ2v) is 12.5. The van der Waals surface area contributed by atoms with E-state index in [0.29, 0.717) is 5.75 Å². The second kappa shape index (κ2) is 13.9. The van der Waals surface area contributed by atoms with Gasteiger partial charge in [0.1, 0.15) is 5.75 Å². The van der Waals surface area contributed by atoms with E-state index in [9.17, 15) is 4.55 Å². The van der Waals surface area contributed by atoms with Gasteiger partial charge >= 0.3 is 0 Å². The Morgan fingerprint density at radius 3 is 2.58 bits per heavy atom. The molecule has 36 heavy (non-hydrogen) atoms. The minimum atomic E-state index is -0.772. The number of pyridine rings is 1. The summed E-state index contributed by atoms with van der Waals surface area (Å²) in [6.45, 7) is 10.5. The Labute approximate surface area is 225 Å². The quantitative estimate of drug-likeness (QED) is 0.229. The molecule has 0 N–H and O–H groups in total. The van der Waals surface area contributed by atoms with Crippen LogP contribution >= 0.6 is 11.6 Å². The maximum absolute atomic E-state index is 11.9. The molecular weight excluding hydrogens is 490 g/mol. The van der Waals surface area contributed by atoms with Crippen molar-refractivity contribution < 1.29 is 9.29 Å². The van der Waals surface area contributed by atoms with Crippen LogP contribution in [0.1, 0.15) is 65.2 Å². The summed E-state index contributed by atoms with van der Waals surface area (Å²) in [5, 5.41) is 2.01. The van der Waals surface area contributed by atoms with Crippen LogP contribution in [-0.4, -0.2) is 64.8 Å². The van der Waals surface area contributed by atoms with E-state index in [1.807, 2.05) is 25.3 Å². The van der Waals surface area contributed by atoms with Crippen molar-refractivity contribution in [1.82, 2.24) is 9.88 Å². The maximum atomic E-state index is 11.9. The number of rotatable bonds is 12. The summed E-state index contributed by atoms with van der Waals surface area (Å²) in [5.74, 6) is 1.67. The van der Waals surface area contributed by atoms with Crippen LogP contribution in [0.2, 0.25) is 5.02 Å². The van der Waals surface area contributed by atoms with Crippen LogP contribution < -0.4 is 4.90 Å². The third-order valence-electron chi connectivity index (χ3n) is 7.53. The number of benzene rings is 1. The molecule has 2 aromatic rings. The van der Waals surface area contributed by atoms with Crippen molar-refractivity contribution in [3.63, 3.8) is 0 Å². The normalized spacial score (nSPS) is 21.4. The lowest BCUT2D eigenvalue weighted by molar-refractivity contribution is 0.197. The Hall–Kier alpha value is -1.47. The molecule has 2 unspecified atom stereocenters. The number of hydrogen-bond acceptors (Lipinski definition) is 5. The van der Waals surface area contributed by atoms with Gasteiger partial charge < -0.3 is 19.1 Å². The molecule has 0 radical (unpaired) electrons. The van der Waals surface area contributed by atoms with Crippen LogP contribution in [0.3, 0.4) is 0 Å². The summed E-state index contributed by atoms with van der Waals surface area (Å²) in [6.07, 6.45) is 12.0. The van der Waals surface area contributed by atoms with Gasteiger partial charge in [0.2, 0.25) is 0 Å². The molecule has 1 saturated heterocycles. The van der Waals surface area contributed by atoms with Crippen molar-refractivity contribution in [1.29, 1.82) is 0 Å². The van der Waals surface area contributed by atoms with Crippen molar-refractivity contribution in [2.45, 2.75) is 70.5 Å². The lowest BCUT2D eigenvalue weighted by Crippen LogP contribution is -2.31. The van der Waals surface area contributed by atoms with E-state index < -0.39 is 11.2 Å². The van der Waals surface area contributed by atoms with Crippen molar-refractivity contribution in [3.05, 3.63) is 46.8 Å². The zero-order valence-electron chi connectivity index (χ0n) is 22.0. The molecule has 4 rings (SSSR count). The van der Waals surface area contributed by atoms with Crippen molar-refractivity contribution in [2.24, 2.45) is 0 Å². The molecule has 1 aromatic heterocycles. The van der Waals surface area contributed by atoms with E-state index in [1.165, 1.54) is 74.7 Å². The molecule has 198 valence electrons. The number of nitrogens with zero attached hydrogens (tertiary/aromatic N) is 3. The minimum absolute atomic E-state index is 0.0763. The summed E-state index contributed by atoms with van der Waals surface area (Å²) in [4.78, 5) is 9.67. The third kappa shape index (κ3) is 7.53. The molecule has 2 aliphatic rings. The second-order valence-electron chi connectivity index (χ2n) is 10.3. The zero-order valence-corrected chi connectivity index (χ0v) is 23.6. The molecule has 1 fully saturated rings. The lowest BCUT2D eigenvalue weighted by atomic mass is 10.1. The summed E-state index contributed by atoms with van der Waals surface area (Å²) < 4.78 is 17.8. The predicted octanol–water partition coefficient (Wildman–Crippen LogP) is 6.57. The van der Waals surface area contributed by atoms with Crippen LogP contribution in [0.25, 0.3) is 10.9 Å². The van der Waals surface area contributed by atoms with E-state index in [0.717, 1.165) is 49.0 Å². The molecule has 0 saturated carbocycles. The zero-order chi connectivity index (χ0) is 25.3. The molecule has 0 aliphatic carbocycles. The topological polar surface area (TPSA) is 51.7 Å². The predicted molar refractivity (Wildman–Crippen MR) is 153 cm³/mol. The third-order valence-corrected chi connectivity index (χ3v) is 9.49. The van der Waals surface area contributed by atoms with Crippen LogP contribution in [0.5, 0.6) is 0 Å². The highest BCUT2D eigenvalue weighted by molar-refractivity contribution is 7.92. The molecule has 0 bridgehead atoms. The van der Waals surface area contributed by atoms with Crippen molar-refractivity contribution in [2.75, 3.05) is 50.0 Å². The van der Waals surface area contributed by atoms with E-state index in [4.69, 9.17) is 16.3 Å². The van der Waals surface area contributed by atoms with Gasteiger partial charge in [-0.15, -0.1) is 0 Å². The SMILES string of the molecule is CC1=C(OCCCCCCCCCN2CCCN(c3ccnc4cc(Cl)ccc34)CC2)C(C)[S+]([O-])C1. The average Bonchev–Trinajstić information content (AvgIpc) is 3.02. The number of hydrogen-bond donors (Lipinski definition) is 0. The molecule has 3 heterocycles. The highest BCUT2D eigenvalue weighted by Crippen LogP contribution is 2.29. The number of unbranched alkanes of at least 4 members (excludes halogenated alkanes) is 6. The monoisotopic (exact) mass is 531 g/mol. The Kier molecular flexibility index (Phi) is 10.6. The number of ether oxygens (including phenoxy) is 1. The van der Waals surface area contributed by atoms with Gasteiger partial charge in [0.15, 0.2) is 11.0 Å². The molecule has 2 aliphatic heterocycles. The number of aromatic nitrogens is 1. The standard InChI is InChI=1S/C29H42ClN3O2S/c1-23-22-36(34)24(2)29(23)35-20-9-7-5-3-4-6-8-15-32-16-10-17-33(19-18-32)28-13-14-31-27-21-25(30)11-12-26(27)28/h11-14,21,24H,3-10,15-20,22H2,1-2H3. The first kappa shape index (κ1) is 27.6. The minimum Gasteiger partial charge on any atom is -0.616 e. The van der Waals surface area contributed by atoms with Crippen molar-refractivity contribution in [3.8, 4) is 0 Å². The number of fused-ring (bicyclic) bond motifs is 1. The highest BCUT2D eigenvalue weighted by Gasteiger charge is 2.33. The average molecular weight is 532 g/mol. The first-order valence-corrected chi connectivity index (χ1v) is 15.5. The van der Waals surface area contributed by atoms with Gasteiger partial charge in [-0.3, -0.25) is 4.98 Å². The Morgan fingerprint density at radius 1 is 1.03 bits per heavy atom. The van der Waals surface area contributed by atoms with E-state index in [2.05, 4.69) is 33.8 Å². The van der Waals surface area contributed by atoms with Crippen LogP contribution in [0.15, 0.2) is 41.8 Å². The molecule has 2 atom stereocenters. The molecule has 0 spiro atoms. The van der Waals surface area contributed by atoms with E-state index in [-0.39, 0.29) is 5.25 Å². The Morgan fingerprint density at radius 2 is 1.81 bits per heavy atom. The van der Waals surface area contributed by atoms with Gasteiger partial charge in [-0.1, -0.05) is 43.7 Å². The van der Waals surface area contributed by atoms with Crippen molar-refractivity contribution >= 4 is 39.4 Å². The Balaban J connectivity index is 1.06. The molecular formula is C29H42ClN3O2S. The van der Waals surface area contributed by atoms with Crippen LogP contribution in [0, 0.1) is 0 Å². The largest absolute Gasteiger partial charge is 0.616 e. The lowest BCUT2D eigenvalue weighted by Gasteiger charge is -2.25. The van der Waals surface area contributed by atoms with Crippen LogP contribution in [-0.2, 0) is 15.9 Å². The molecule has 0 amide bonds. The van der Waals surface area contributed by atoms with E-state index in [1.54, 1.807) is 0 Å². The maximum Gasteiger partial charge on any atom is 0.169 e. The molecule has 7 heteroatoms.